The smallest absolute Gasteiger partial charge is 0.137 e. The lowest BCUT2D eigenvalue weighted by atomic mass is 9.82. The number of rotatable bonds is 6. The van der Waals surface area contributed by atoms with Crippen molar-refractivity contribution in [1.82, 2.24) is 0 Å². The van der Waals surface area contributed by atoms with E-state index < -0.39 is 0 Å². The molecule has 0 radical (unpaired) electrons. The van der Waals surface area contributed by atoms with Crippen LogP contribution in [0.4, 0.5) is 17.1 Å². The lowest BCUT2D eigenvalue weighted by molar-refractivity contribution is 0.660. The van der Waals surface area contributed by atoms with Gasteiger partial charge >= 0.3 is 0 Å². The summed E-state index contributed by atoms with van der Waals surface area (Å²) in [4.78, 5) is 2.46. The van der Waals surface area contributed by atoms with Crippen LogP contribution in [0, 0.1) is 13.8 Å². The Morgan fingerprint density at radius 2 is 1.05 bits per heavy atom. The first-order valence-corrected chi connectivity index (χ1v) is 19.2. The lowest BCUT2D eigenvalue weighted by Gasteiger charge is -2.29. The van der Waals surface area contributed by atoms with Gasteiger partial charge in [-0.25, -0.2) is 0 Å². The normalized spacial score (nSPS) is 12.9. The van der Waals surface area contributed by atoms with Crippen LogP contribution >= 0.6 is 0 Å². The Bertz CT molecular complexity index is 2910. The van der Waals surface area contributed by atoms with E-state index in [4.69, 9.17) is 4.42 Å². The van der Waals surface area contributed by atoms with Crippen LogP contribution in [-0.4, -0.2) is 0 Å². The molecule has 1 aliphatic carbocycles. The highest BCUT2D eigenvalue weighted by Crippen LogP contribution is 2.55. The van der Waals surface area contributed by atoms with E-state index in [1.807, 2.05) is 0 Å². The predicted molar refractivity (Wildman–Crippen MR) is 232 cm³/mol. The minimum absolute atomic E-state index is 0.126. The van der Waals surface area contributed by atoms with Gasteiger partial charge in [0.05, 0.1) is 16.8 Å². The van der Waals surface area contributed by atoms with Crippen LogP contribution in [0.15, 0.2) is 180 Å². The first-order valence-electron chi connectivity index (χ1n) is 19.2. The number of furan rings is 1. The summed E-state index contributed by atoms with van der Waals surface area (Å²) in [5, 5.41) is 2.20. The average Bonchev–Trinajstić information content (AvgIpc) is 3.71. The van der Waals surface area contributed by atoms with Crippen LogP contribution in [-0.2, 0) is 5.41 Å². The minimum atomic E-state index is -0.126. The molecule has 0 atom stereocenters. The molecule has 1 aromatic heterocycles. The first-order chi connectivity index (χ1) is 26.9. The molecule has 0 amide bonds. The van der Waals surface area contributed by atoms with Crippen LogP contribution in [0.1, 0.15) is 36.1 Å². The van der Waals surface area contributed by atoms with Crippen LogP contribution in [0.25, 0.3) is 66.4 Å². The molecule has 0 unspecified atom stereocenters. The first kappa shape index (κ1) is 33.0. The second-order valence-corrected chi connectivity index (χ2v) is 15.4. The second kappa shape index (κ2) is 12.7. The van der Waals surface area contributed by atoms with E-state index in [1.54, 1.807) is 0 Å². The number of hydrogen-bond acceptors (Lipinski definition) is 2. The molecule has 0 aliphatic heterocycles. The molecule has 0 fully saturated rings. The lowest BCUT2D eigenvalue weighted by Crippen LogP contribution is -2.16. The molecular formula is C53H41NO. The number of fused-ring (bicyclic) bond motifs is 6. The van der Waals surface area contributed by atoms with Gasteiger partial charge in [0.25, 0.3) is 0 Å². The quantitative estimate of drug-likeness (QED) is 0.171. The molecule has 8 aromatic carbocycles. The highest BCUT2D eigenvalue weighted by Gasteiger charge is 2.38. The van der Waals surface area contributed by atoms with Gasteiger partial charge in [-0.3, -0.25) is 0 Å². The van der Waals surface area contributed by atoms with Crippen LogP contribution in [0.5, 0.6) is 0 Å². The van der Waals surface area contributed by atoms with Crippen molar-refractivity contribution >= 4 is 39.0 Å². The van der Waals surface area contributed by atoms with Gasteiger partial charge < -0.3 is 9.32 Å². The summed E-state index contributed by atoms with van der Waals surface area (Å²) >= 11 is 0. The van der Waals surface area contributed by atoms with E-state index in [2.05, 4.69) is 209 Å². The third kappa shape index (κ3) is 5.32. The molecule has 264 valence electrons. The summed E-state index contributed by atoms with van der Waals surface area (Å²) in [6.07, 6.45) is 0. The summed E-state index contributed by atoms with van der Waals surface area (Å²) in [7, 11) is 0. The van der Waals surface area contributed by atoms with Crippen molar-refractivity contribution < 1.29 is 4.42 Å². The van der Waals surface area contributed by atoms with Crippen molar-refractivity contribution in [3.05, 3.63) is 198 Å². The maximum atomic E-state index is 6.67. The Kier molecular flexibility index (Phi) is 7.64. The van der Waals surface area contributed by atoms with E-state index in [9.17, 15) is 0 Å². The summed E-state index contributed by atoms with van der Waals surface area (Å²) in [6.45, 7) is 9.09. The monoisotopic (exact) mass is 707 g/mol. The number of aryl methyl sites for hydroxylation is 2. The van der Waals surface area contributed by atoms with Gasteiger partial charge in [-0.1, -0.05) is 141 Å². The molecular weight excluding hydrogens is 667 g/mol. The fraction of sp³-hybridized carbons (Fsp3) is 0.0943. The largest absolute Gasteiger partial charge is 0.456 e. The van der Waals surface area contributed by atoms with E-state index in [1.165, 1.54) is 61.2 Å². The van der Waals surface area contributed by atoms with Crippen molar-refractivity contribution in [3.63, 3.8) is 0 Å². The molecule has 1 heterocycles. The maximum absolute atomic E-state index is 6.67. The highest BCUT2D eigenvalue weighted by atomic mass is 16.3. The van der Waals surface area contributed by atoms with Gasteiger partial charge in [-0.2, -0.15) is 0 Å². The molecule has 0 saturated carbocycles. The molecule has 2 nitrogen and oxygen atoms in total. The van der Waals surface area contributed by atoms with Gasteiger partial charge in [0.1, 0.15) is 11.2 Å². The zero-order valence-corrected chi connectivity index (χ0v) is 31.6. The molecule has 0 bridgehead atoms. The summed E-state index contributed by atoms with van der Waals surface area (Å²) in [6, 6.07) is 64.0. The topological polar surface area (TPSA) is 16.4 Å². The zero-order chi connectivity index (χ0) is 37.3. The van der Waals surface area contributed by atoms with Crippen molar-refractivity contribution in [2.75, 3.05) is 4.90 Å². The Morgan fingerprint density at radius 3 is 1.87 bits per heavy atom. The highest BCUT2D eigenvalue weighted by molar-refractivity contribution is 6.15. The van der Waals surface area contributed by atoms with Crippen LogP contribution in [0.2, 0.25) is 0 Å². The van der Waals surface area contributed by atoms with E-state index in [0.29, 0.717) is 0 Å². The molecule has 0 N–H and O–H groups in total. The molecule has 9 aromatic rings. The molecule has 10 rings (SSSR count). The average molecular weight is 708 g/mol. The molecule has 1 aliphatic rings. The minimum Gasteiger partial charge on any atom is -0.456 e. The van der Waals surface area contributed by atoms with E-state index in [0.717, 1.165) is 44.6 Å². The van der Waals surface area contributed by atoms with E-state index >= 15 is 0 Å². The number of benzene rings is 8. The second-order valence-electron chi connectivity index (χ2n) is 15.4. The predicted octanol–water partition coefficient (Wildman–Crippen LogP) is 15.0. The van der Waals surface area contributed by atoms with Crippen molar-refractivity contribution in [3.8, 4) is 44.5 Å². The molecule has 55 heavy (non-hydrogen) atoms. The van der Waals surface area contributed by atoms with Crippen molar-refractivity contribution in [2.45, 2.75) is 33.1 Å². The zero-order valence-electron chi connectivity index (χ0n) is 31.6. The number of hydrogen-bond donors (Lipinski definition) is 0. The van der Waals surface area contributed by atoms with E-state index in [-0.39, 0.29) is 5.41 Å². The Morgan fingerprint density at radius 1 is 0.436 bits per heavy atom. The summed E-state index contributed by atoms with van der Waals surface area (Å²) < 4.78 is 6.67. The number of anilines is 3. The maximum Gasteiger partial charge on any atom is 0.137 e. The fourth-order valence-electron chi connectivity index (χ4n) is 8.90. The van der Waals surface area contributed by atoms with Gasteiger partial charge in [0.15, 0.2) is 0 Å². The fourth-order valence-corrected chi connectivity index (χ4v) is 8.90. The molecule has 0 saturated heterocycles. The molecule has 2 heteroatoms. The van der Waals surface area contributed by atoms with Gasteiger partial charge in [-0.15, -0.1) is 0 Å². The Labute approximate surface area is 323 Å². The van der Waals surface area contributed by atoms with Gasteiger partial charge in [0.2, 0.25) is 0 Å². The number of nitrogens with zero attached hydrogens (tertiary/aromatic N) is 1. The Balaban J connectivity index is 1.20. The van der Waals surface area contributed by atoms with Gasteiger partial charge in [0, 0.05) is 22.1 Å². The van der Waals surface area contributed by atoms with Crippen LogP contribution < -0.4 is 4.90 Å². The summed E-state index contributed by atoms with van der Waals surface area (Å²) in [5.41, 5.74) is 20.0. The van der Waals surface area contributed by atoms with Crippen molar-refractivity contribution in [2.24, 2.45) is 0 Å². The molecule has 0 spiro atoms. The third-order valence-electron chi connectivity index (χ3n) is 11.8. The van der Waals surface area contributed by atoms with Gasteiger partial charge in [-0.05, 0) is 124 Å². The van der Waals surface area contributed by atoms with Crippen LogP contribution in [0.3, 0.4) is 0 Å². The standard InChI is InChI=1S/C53H41NO/c1-34-14-8-9-17-41(34)43-32-38(25-24-35(43)2)39-28-31-49-44(33-39)52-48(22-13-23-50(52)55-49)54(40-29-26-37(27-30-40)36-15-6-5-7-16-36)47-21-12-20-46-51(47)42-18-10-11-19-45(42)53(46,3)4/h5-33H,1-4H3. The Hall–Kier alpha value is -6.64. The van der Waals surface area contributed by atoms with Crippen molar-refractivity contribution in [1.29, 1.82) is 0 Å². The summed E-state index contributed by atoms with van der Waals surface area (Å²) in [5.74, 6) is 0. The SMILES string of the molecule is Cc1ccccc1-c1cc(-c2ccc3oc4cccc(N(c5ccc(-c6ccccc6)cc5)c5cccc6c5-c5ccccc5C6(C)C)c4c3c2)ccc1C. The third-order valence-corrected chi connectivity index (χ3v) is 11.8.